The van der Waals surface area contributed by atoms with Gasteiger partial charge in [-0.3, -0.25) is 0 Å². The fourth-order valence-electron chi connectivity index (χ4n) is 6.48. The molecule has 19 heteroatoms. The maximum Gasteiger partial charge on any atom is 0.164 e. The van der Waals surface area contributed by atoms with Gasteiger partial charge in [-0.1, -0.05) is 41.4 Å². The van der Waals surface area contributed by atoms with Gasteiger partial charge in [-0.05, 0) is 47.5 Å². The number of fused-ring (bicyclic) bond motifs is 2. The molecule has 0 aliphatic carbocycles. The van der Waals surface area contributed by atoms with Gasteiger partial charge in [-0.25, -0.2) is 24.3 Å². The summed E-state index contributed by atoms with van der Waals surface area (Å²) >= 11 is 11.5. The summed E-state index contributed by atoms with van der Waals surface area (Å²) in [5.74, 6) is -0.138. The van der Waals surface area contributed by atoms with E-state index in [1.54, 1.807) is 53.4 Å². The zero-order chi connectivity index (χ0) is 37.7. The quantitative estimate of drug-likeness (QED) is 0.121. The van der Waals surface area contributed by atoms with Crippen molar-refractivity contribution in [2.24, 2.45) is 0 Å². The summed E-state index contributed by atoms with van der Waals surface area (Å²) in [6.45, 7) is 0. The number of nitrogen functional groups attached to an aromatic ring is 2. The van der Waals surface area contributed by atoms with E-state index >= 15 is 0 Å². The Hall–Kier alpha value is -4.53. The van der Waals surface area contributed by atoms with E-state index in [1.807, 2.05) is 0 Å². The van der Waals surface area contributed by atoms with Crippen LogP contribution < -0.4 is 11.5 Å². The van der Waals surface area contributed by atoms with E-state index in [0.29, 0.717) is 38.5 Å². The average Bonchev–Trinajstić information content (AvgIpc) is 3.92. The highest BCUT2D eigenvalue weighted by atomic mass is 35.5. The van der Waals surface area contributed by atoms with E-state index < -0.39 is 67.1 Å². The van der Waals surface area contributed by atoms with Crippen molar-refractivity contribution >= 4 is 56.9 Å². The molecular formula is C34H33Cl2FN8O8. The minimum Gasteiger partial charge on any atom is -0.387 e. The standard InChI is InChI=1S/C17H16ClFN4O4.C17H17ClN4O4/c18-9-2-1-7(5-10(9)19)11(24)14-12(25)13(26)17(27-14)23-4-3-8-15(20)21-6-22-16(8)23;18-9-3-1-8(2-4-9)11(23)14-12(24)13(25)17(26-14)22-6-5-10-15(19)20-7-21-16(10)22/h1-6,11-14,17,24-26H,(H2,20,21,22);1-7,11-14,17,23-25H,(H2,19,20,21)/t2*11-,12+,13-,14-,17-/m11/s1. The van der Waals surface area contributed by atoms with Crippen LogP contribution in [0.1, 0.15) is 35.8 Å². The number of anilines is 2. The topological polar surface area (TPSA) is 253 Å². The lowest BCUT2D eigenvalue weighted by Crippen LogP contribution is -2.34. The van der Waals surface area contributed by atoms with Gasteiger partial charge in [0.25, 0.3) is 0 Å². The van der Waals surface area contributed by atoms with Gasteiger partial charge in [0.2, 0.25) is 0 Å². The number of benzene rings is 2. The Balaban J connectivity index is 0.000000164. The molecule has 2 aliphatic rings. The minimum absolute atomic E-state index is 0.0900. The van der Waals surface area contributed by atoms with Gasteiger partial charge in [-0.2, -0.15) is 0 Å². The molecule has 4 aromatic heterocycles. The average molecular weight is 772 g/mol. The Kier molecular flexibility index (Phi) is 10.2. The SMILES string of the molecule is Nc1ncnc2c1ccn2[C@@H]1O[C@H]([C@H](O)c2ccc(Cl)c(F)c2)[C@@H](O)[C@H]1O.Nc1ncnc2c1ccn2[C@@H]1O[C@H]([C@H](O)c2ccc(Cl)cc2)[C@@H](O)[C@H]1O. The summed E-state index contributed by atoms with van der Waals surface area (Å²) in [5, 5.41) is 64.4. The summed E-state index contributed by atoms with van der Waals surface area (Å²) in [4.78, 5) is 16.1. The number of halogens is 3. The summed E-state index contributed by atoms with van der Waals surface area (Å²) in [5.41, 5.74) is 13.2. The van der Waals surface area contributed by atoms with Crippen molar-refractivity contribution < 1.29 is 44.5 Å². The number of ether oxygens (including phenoxy) is 2. The third-order valence-electron chi connectivity index (χ3n) is 9.30. The molecule has 2 fully saturated rings. The van der Waals surface area contributed by atoms with E-state index in [2.05, 4.69) is 19.9 Å². The molecular weight excluding hydrogens is 738 g/mol. The number of hydrogen-bond acceptors (Lipinski definition) is 14. The van der Waals surface area contributed by atoms with Crippen LogP contribution in [0.3, 0.4) is 0 Å². The van der Waals surface area contributed by atoms with Gasteiger partial charge < -0.3 is 60.7 Å². The molecule has 0 unspecified atom stereocenters. The number of nitrogens with two attached hydrogens (primary N) is 2. The Labute approximate surface area is 309 Å². The van der Waals surface area contributed by atoms with Gasteiger partial charge in [0.05, 0.1) is 15.8 Å². The van der Waals surface area contributed by atoms with Crippen molar-refractivity contribution in [2.45, 2.75) is 61.3 Å². The Bertz CT molecular complexity index is 2250. The first-order valence-electron chi connectivity index (χ1n) is 16.1. The van der Waals surface area contributed by atoms with Crippen LogP contribution in [0.5, 0.6) is 0 Å². The molecule has 2 aromatic carbocycles. The monoisotopic (exact) mass is 770 g/mol. The molecule has 0 bridgehead atoms. The molecule has 0 saturated carbocycles. The number of nitrogens with zero attached hydrogens (tertiary/aromatic N) is 6. The second-order valence-electron chi connectivity index (χ2n) is 12.5. The molecule has 6 heterocycles. The first-order valence-corrected chi connectivity index (χ1v) is 16.8. The van der Waals surface area contributed by atoms with Crippen molar-refractivity contribution in [3.63, 3.8) is 0 Å². The summed E-state index contributed by atoms with van der Waals surface area (Å²) in [6.07, 6.45) is -6.18. The zero-order valence-corrected chi connectivity index (χ0v) is 28.8. The van der Waals surface area contributed by atoms with Crippen molar-refractivity contribution in [2.75, 3.05) is 11.5 Å². The van der Waals surface area contributed by atoms with E-state index in [9.17, 15) is 35.0 Å². The van der Waals surface area contributed by atoms with Crippen LogP contribution in [-0.2, 0) is 9.47 Å². The fourth-order valence-corrected chi connectivity index (χ4v) is 6.72. The minimum atomic E-state index is -1.42. The van der Waals surface area contributed by atoms with Crippen LogP contribution in [0.4, 0.5) is 16.0 Å². The third kappa shape index (κ3) is 6.76. The van der Waals surface area contributed by atoms with Crippen molar-refractivity contribution in [3.8, 4) is 0 Å². The van der Waals surface area contributed by atoms with Crippen LogP contribution in [0, 0.1) is 5.82 Å². The smallest absolute Gasteiger partial charge is 0.164 e. The molecule has 278 valence electrons. The molecule has 0 radical (unpaired) electrons. The Morgan fingerprint density at radius 3 is 1.57 bits per heavy atom. The number of aromatic nitrogens is 6. The molecule has 2 saturated heterocycles. The highest BCUT2D eigenvalue weighted by Crippen LogP contribution is 2.39. The van der Waals surface area contributed by atoms with E-state index in [1.165, 1.54) is 29.4 Å². The lowest BCUT2D eigenvalue weighted by molar-refractivity contribution is -0.0849. The van der Waals surface area contributed by atoms with Crippen molar-refractivity contribution in [3.05, 3.63) is 107 Å². The predicted octanol–water partition coefficient (Wildman–Crippen LogP) is 2.18. The molecule has 8 rings (SSSR count). The first kappa shape index (κ1) is 36.8. The molecule has 53 heavy (non-hydrogen) atoms. The number of hydrogen-bond donors (Lipinski definition) is 8. The van der Waals surface area contributed by atoms with E-state index in [0.717, 1.165) is 6.07 Å². The zero-order valence-electron chi connectivity index (χ0n) is 27.3. The predicted molar refractivity (Wildman–Crippen MR) is 189 cm³/mol. The second-order valence-corrected chi connectivity index (χ2v) is 13.3. The van der Waals surface area contributed by atoms with Gasteiger partial charge in [0.1, 0.15) is 90.2 Å². The highest BCUT2D eigenvalue weighted by Gasteiger charge is 2.48. The molecule has 10 atom stereocenters. The summed E-state index contributed by atoms with van der Waals surface area (Å²) in [7, 11) is 0. The molecule has 6 aromatic rings. The van der Waals surface area contributed by atoms with Crippen molar-refractivity contribution in [1.29, 1.82) is 0 Å². The Morgan fingerprint density at radius 1 is 0.642 bits per heavy atom. The van der Waals surface area contributed by atoms with Crippen LogP contribution in [-0.4, -0.2) is 96.3 Å². The van der Waals surface area contributed by atoms with Gasteiger partial charge >= 0.3 is 0 Å². The van der Waals surface area contributed by atoms with Gasteiger partial charge in [0.15, 0.2) is 12.5 Å². The summed E-state index contributed by atoms with van der Waals surface area (Å²) in [6, 6.07) is 13.7. The third-order valence-corrected chi connectivity index (χ3v) is 9.86. The normalized spacial score (nSPS) is 26.8. The Morgan fingerprint density at radius 2 is 1.09 bits per heavy atom. The van der Waals surface area contributed by atoms with Gasteiger partial charge in [-0.15, -0.1) is 0 Å². The lowest BCUT2D eigenvalue weighted by atomic mass is 9.99. The lowest BCUT2D eigenvalue weighted by Gasteiger charge is -2.21. The molecule has 0 spiro atoms. The van der Waals surface area contributed by atoms with Crippen LogP contribution in [0.2, 0.25) is 10.0 Å². The second kappa shape index (κ2) is 14.7. The fraction of sp³-hybridized carbons (Fsp3) is 0.294. The van der Waals surface area contributed by atoms with E-state index in [-0.39, 0.29) is 16.4 Å². The van der Waals surface area contributed by atoms with Crippen molar-refractivity contribution in [1.82, 2.24) is 29.1 Å². The van der Waals surface area contributed by atoms with E-state index in [4.69, 9.17) is 44.1 Å². The number of aliphatic hydroxyl groups excluding tert-OH is 6. The molecule has 10 N–H and O–H groups in total. The van der Waals surface area contributed by atoms with Crippen LogP contribution in [0.15, 0.2) is 79.6 Å². The van der Waals surface area contributed by atoms with Gasteiger partial charge in [0, 0.05) is 17.4 Å². The largest absolute Gasteiger partial charge is 0.387 e. The van der Waals surface area contributed by atoms with Crippen LogP contribution >= 0.6 is 23.2 Å². The molecule has 16 nitrogen and oxygen atoms in total. The first-order chi connectivity index (χ1) is 25.3. The summed E-state index contributed by atoms with van der Waals surface area (Å²) < 4.78 is 28.3. The highest BCUT2D eigenvalue weighted by molar-refractivity contribution is 6.30. The maximum absolute atomic E-state index is 13.7. The number of aliphatic hydroxyl groups is 6. The number of rotatable bonds is 6. The maximum atomic E-state index is 13.7. The molecule has 2 aliphatic heterocycles. The molecule has 0 amide bonds. The van der Waals surface area contributed by atoms with Crippen LogP contribution in [0.25, 0.3) is 22.1 Å².